The standard InChI is InChI=1S/C29H45N3O7/c1-18(2)15-22(30-20(5)33)24(34)32-29(27(37)39-28(6,7)8,17-21-13-11-10-12-14-21)26(36)31-23(16-19(3)4)25(35)38-9/h10-14,18-19,22-23H,15-17H2,1-9H3,(H,30,33)(H,31,36)(H,32,34)/t22-,23-,29?/m0/s1. The molecule has 0 aliphatic carbocycles. The Hall–Kier alpha value is -3.43. The van der Waals surface area contributed by atoms with E-state index in [1.807, 2.05) is 27.7 Å². The van der Waals surface area contributed by atoms with E-state index in [2.05, 4.69) is 16.0 Å². The second-order valence-electron chi connectivity index (χ2n) is 11.6. The first-order valence-corrected chi connectivity index (χ1v) is 13.3. The van der Waals surface area contributed by atoms with Gasteiger partial charge in [0.1, 0.15) is 17.7 Å². The van der Waals surface area contributed by atoms with Crippen LogP contribution in [0.2, 0.25) is 0 Å². The zero-order valence-electron chi connectivity index (χ0n) is 24.7. The van der Waals surface area contributed by atoms with Gasteiger partial charge in [-0.15, -0.1) is 0 Å². The normalized spacial score (nSPS) is 14.5. The predicted octanol–water partition coefficient (Wildman–Crippen LogP) is 2.68. The monoisotopic (exact) mass is 547 g/mol. The number of hydrogen-bond donors (Lipinski definition) is 3. The van der Waals surface area contributed by atoms with Gasteiger partial charge >= 0.3 is 11.9 Å². The lowest BCUT2D eigenvalue weighted by molar-refractivity contribution is -0.169. The number of rotatable bonds is 13. The summed E-state index contributed by atoms with van der Waals surface area (Å²) < 4.78 is 10.6. The second-order valence-corrected chi connectivity index (χ2v) is 11.6. The topological polar surface area (TPSA) is 140 Å². The van der Waals surface area contributed by atoms with Gasteiger partial charge in [-0.1, -0.05) is 58.0 Å². The van der Waals surface area contributed by atoms with Crippen LogP contribution in [0.4, 0.5) is 0 Å². The molecule has 0 bridgehead atoms. The molecule has 10 nitrogen and oxygen atoms in total. The molecule has 39 heavy (non-hydrogen) atoms. The molecule has 10 heteroatoms. The Kier molecular flexibility index (Phi) is 12.6. The average molecular weight is 548 g/mol. The van der Waals surface area contributed by atoms with E-state index in [9.17, 15) is 24.0 Å². The first-order chi connectivity index (χ1) is 18.0. The van der Waals surface area contributed by atoms with Gasteiger partial charge in [0.2, 0.25) is 17.4 Å². The van der Waals surface area contributed by atoms with Crippen molar-refractivity contribution in [3.8, 4) is 0 Å². The molecule has 0 saturated heterocycles. The van der Waals surface area contributed by atoms with Crippen LogP contribution >= 0.6 is 0 Å². The molecule has 0 fully saturated rings. The second kappa shape index (κ2) is 14.6. The number of benzene rings is 1. The maximum atomic E-state index is 14.1. The number of nitrogens with one attached hydrogen (secondary N) is 3. The number of amides is 3. The van der Waals surface area contributed by atoms with Gasteiger partial charge < -0.3 is 25.4 Å². The van der Waals surface area contributed by atoms with Gasteiger partial charge in [-0.3, -0.25) is 14.4 Å². The molecule has 1 unspecified atom stereocenters. The molecular formula is C29H45N3O7. The Balaban J connectivity index is 3.73. The third kappa shape index (κ3) is 11.1. The van der Waals surface area contributed by atoms with E-state index in [0.29, 0.717) is 5.56 Å². The number of ether oxygens (including phenoxy) is 2. The van der Waals surface area contributed by atoms with Gasteiger partial charge in [-0.2, -0.15) is 0 Å². The number of esters is 2. The summed E-state index contributed by atoms with van der Waals surface area (Å²) in [6, 6.07) is 6.60. The van der Waals surface area contributed by atoms with Gasteiger partial charge in [-0.25, -0.2) is 9.59 Å². The number of hydrogen-bond acceptors (Lipinski definition) is 7. The fraction of sp³-hybridized carbons (Fsp3) is 0.621. The van der Waals surface area contributed by atoms with E-state index in [4.69, 9.17) is 9.47 Å². The summed E-state index contributed by atoms with van der Waals surface area (Å²) in [5, 5.41) is 7.88. The molecule has 3 N–H and O–H groups in total. The molecule has 218 valence electrons. The van der Waals surface area contributed by atoms with E-state index in [1.54, 1.807) is 51.1 Å². The molecule has 0 saturated carbocycles. The molecule has 0 heterocycles. The lowest BCUT2D eigenvalue weighted by atomic mass is 9.87. The van der Waals surface area contributed by atoms with Crippen LogP contribution in [0.3, 0.4) is 0 Å². The van der Waals surface area contributed by atoms with Crippen molar-refractivity contribution in [2.75, 3.05) is 7.11 Å². The van der Waals surface area contributed by atoms with Crippen molar-refractivity contribution in [3.63, 3.8) is 0 Å². The van der Waals surface area contributed by atoms with Crippen molar-refractivity contribution in [2.24, 2.45) is 11.8 Å². The van der Waals surface area contributed by atoms with E-state index < -0.39 is 52.9 Å². The lowest BCUT2D eigenvalue weighted by Crippen LogP contribution is -2.69. The number of methoxy groups -OCH3 is 1. The molecule has 3 atom stereocenters. The van der Waals surface area contributed by atoms with Crippen LogP contribution in [0.25, 0.3) is 0 Å². The largest absolute Gasteiger partial charge is 0.467 e. The average Bonchev–Trinajstić information content (AvgIpc) is 2.80. The van der Waals surface area contributed by atoms with E-state index in [-0.39, 0.29) is 31.1 Å². The molecule has 1 aromatic rings. The molecule has 0 spiro atoms. The molecule has 0 aliphatic heterocycles. The van der Waals surface area contributed by atoms with Crippen LogP contribution < -0.4 is 16.0 Å². The number of carbonyl (C=O) groups excluding carboxylic acids is 5. The molecule has 0 aromatic heterocycles. The molecule has 0 radical (unpaired) electrons. The summed E-state index contributed by atoms with van der Waals surface area (Å²) in [5.74, 6) is -3.74. The Morgan fingerprint density at radius 2 is 1.38 bits per heavy atom. The zero-order chi connectivity index (χ0) is 30.0. The van der Waals surface area contributed by atoms with Crippen molar-refractivity contribution >= 4 is 29.7 Å². The number of carbonyl (C=O) groups is 5. The van der Waals surface area contributed by atoms with Crippen LogP contribution in [0.15, 0.2) is 30.3 Å². The highest BCUT2D eigenvalue weighted by molar-refractivity contribution is 6.11. The van der Waals surface area contributed by atoms with Gasteiger partial charge in [0, 0.05) is 13.3 Å². The summed E-state index contributed by atoms with van der Waals surface area (Å²) in [5.41, 5.74) is -2.70. The van der Waals surface area contributed by atoms with Crippen molar-refractivity contribution in [1.29, 1.82) is 0 Å². The van der Waals surface area contributed by atoms with Crippen LogP contribution in [-0.4, -0.2) is 60.0 Å². The van der Waals surface area contributed by atoms with E-state index >= 15 is 0 Å². The summed E-state index contributed by atoms with van der Waals surface area (Å²) in [7, 11) is 1.21. The van der Waals surface area contributed by atoms with E-state index in [0.717, 1.165) is 0 Å². The highest BCUT2D eigenvalue weighted by Gasteiger charge is 2.52. The van der Waals surface area contributed by atoms with Crippen molar-refractivity contribution in [1.82, 2.24) is 16.0 Å². The molecule has 1 rings (SSSR count). The Morgan fingerprint density at radius 3 is 1.85 bits per heavy atom. The van der Waals surface area contributed by atoms with Crippen LogP contribution in [0, 0.1) is 11.8 Å². The third-order valence-corrected chi connectivity index (χ3v) is 5.68. The molecule has 3 amide bonds. The van der Waals surface area contributed by atoms with Crippen molar-refractivity contribution in [3.05, 3.63) is 35.9 Å². The maximum absolute atomic E-state index is 14.1. The summed E-state index contributed by atoms with van der Waals surface area (Å²) in [6.45, 7) is 13.7. The highest BCUT2D eigenvalue weighted by atomic mass is 16.6. The summed E-state index contributed by atoms with van der Waals surface area (Å²) >= 11 is 0. The van der Waals surface area contributed by atoms with Crippen molar-refractivity contribution in [2.45, 2.75) is 97.9 Å². The fourth-order valence-corrected chi connectivity index (χ4v) is 4.02. The Labute approximate surface area is 232 Å². The lowest BCUT2D eigenvalue weighted by Gasteiger charge is -2.36. The smallest absolute Gasteiger partial charge is 0.342 e. The van der Waals surface area contributed by atoms with Gasteiger partial charge in [0.25, 0.3) is 5.91 Å². The van der Waals surface area contributed by atoms with Crippen molar-refractivity contribution < 1.29 is 33.4 Å². The van der Waals surface area contributed by atoms with Gasteiger partial charge in [-0.05, 0) is 51.0 Å². The maximum Gasteiger partial charge on any atom is 0.342 e. The van der Waals surface area contributed by atoms with Crippen LogP contribution in [-0.2, 0) is 39.9 Å². The minimum Gasteiger partial charge on any atom is -0.467 e. The summed E-state index contributed by atoms with van der Waals surface area (Å²) in [4.78, 5) is 66.1. The molecule has 1 aromatic carbocycles. The quantitative estimate of drug-likeness (QED) is 0.255. The third-order valence-electron chi connectivity index (χ3n) is 5.68. The Bertz CT molecular complexity index is 1000. The zero-order valence-corrected chi connectivity index (χ0v) is 24.7. The molecule has 0 aliphatic rings. The molecular weight excluding hydrogens is 502 g/mol. The fourth-order valence-electron chi connectivity index (χ4n) is 4.02. The minimum atomic E-state index is -2.26. The summed E-state index contributed by atoms with van der Waals surface area (Å²) in [6.07, 6.45) is 0.245. The van der Waals surface area contributed by atoms with Crippen LogP contribution in [0.5, 0.6) is 0 Å². The van der Waals surface area contributed by atoms with Gasteiger partial charge in [0.15, 0.2) is 0 Å². The van der Waals surface area contributed by atoms with Gasteiger partial charge in [0.05, 0.1) is 7.11 Å². The van der Waals surface area contributed by atoms with E-state index in [1.165, 1.54) is 14.0 Å². The van der Waals surface area contributed by atoms with Crippen LogP contribution in [0.1, 0.15) is 73.8 Å². The first-order valence-electron chi connectivity index (χ1n) is 13.3. The minimum absolute atomic E-state index is 0.00392. The SMILES string of the molecule is COC(=O)[C@H](CC(C)C)NC(=O)C(Cc1ccccc1)(NC(=O)[C@H](CC(C)C)NC(C)=O)C(=O)OC(C)(C)C. The highest BCUT2D eigenvalue weighted by Crippen LogP contribution is 2.22. The first kappa shape index (κ1) is 33.6. The Morgan fingerprint density at radius 1 is 0.846 bits per heavy atom. The predicted molar refractivity (Wildman–Crippen MR) is 147 cm³/mol.